The maximum atomic E-state index is 12.6. The van der Waals surface area contributed by atoms with Crippen LogP contribution < -0.4 is 5.32 Å². The van der Waals surface area contributed by atoms with E-state index >= 15 is 0 Å². The summed E-state index contributed by atoms with van der Waals surface area (Å²) in [5.74, 6) is -0.836. The van der Waals surface area contributed by atoms with Gasteiger partial charge >= 0.3 is 5.97 Å². The molecular weight excluding hydrogens is 384 g/mol. The monoisotopic (exact) mass is 414 g/mol. The summed E-state index contributed by atoms with van der Waals surface area (Å²) in [6.07, 6.45) is 8.31. The highest BCUT2D eigenvalue weighted by Gasteiger charge is 2.28. The van der Waals surface area contributed by atoms with Crippen LogP contribution in [-0.4, -0.2) is 33.1 Å². The summed E-state index contributed by atoms with van der Waals surface area (Å²) in [6, 6.07) is 9.17. The Morgan fingerprint density at radius 2 is 1.90 bits per heavy atom. The normalized spacial score (nSPS) is 16.7. The average Bonchev–Trinajstić information content (AvgIpc) is 3.27. The Balaban J connectivity index is 1.62. The van der Waals surface area contributed by atoms with Crippen LogP contribution in [0.3, 0.4) is 0 Å². The first-order chi connectivity index (χ1) is 14.5. The van der Waals surface area contributed by atoms with E-state index in [9.17, 15) is 14.7 Å². The fourth-order valence-electron chi connectivity index (χ4n) is 4.06. The molecular formula is C23H30N2O5. The van der Waals surface area contributed by atoms with E-state index in [4.69, 9.17) is 9.52 Å². The van der Waals surface area contributed by atoms with Gasteiger partial charge in [0.05, 0.1) is 6.04 Å². The quantitative estimate of drug-likeness (QED) is 0.544. The number of hydrogen-bond acceptors (Lipinski definition) is 5. The van der Waals surface area contributed by atoms with Gasteiger partial charge in [-0.05, 0) is 30.7 Å². The van der Waals surface area contributed by atoms with Crippen molar-refractivity contribution in [1.82, 2.24) is 10.3 Å². The van der Waals surface area contributed by atoms with Crippen molar-refractivity contribution < 1.29 is 24.2 Å². The number of nitrogens with zero attached hydrogens (tertiary/aromatic N) is 1. The van der Waals surface area contributed by atoms with Crippen LogP contribution in [0.5, 0.6) is 0 Å². The Morgan fingerprint density at radius 1 is 1.17 bits per heavy atom. The van der Waals surface area contributed by atoms with E-state index in [1.54, 1.807) is 0 Å². The second-order valence-electron chi connectivity index (χ2n) is 8.06. The van der Waals surface area contributed by atoms with Crippen LogP contribution in [0.25, 0.3) is 0 Å². The fourth-order valence-corrected chi connectivity index (χ4v) is 4.06. The minimum absolute atomic E-state index is 0.0990. The zero-order valence-corrected chi connectivity index (χ0v) is 17.1. The molecule has 3 N–H and O–H groups in total. The number of hydrogen-bond donors (Lipinski definition) is 3. The summed E-state index contributed by atoms with van der Waals surface area (Å²) in [7, 11) is 0. The number of carbonyl (C=O) groups is 2. The van der Waals surface area contributed by atoms with Gasteiger partial charge in [-0.2, -0.15) is 0 Å². The van der Waals surface area contributed by atoms with Gasteiger partial charge in [-0.1, -0.05) is 62.4 Å². The molecule has 1 aliphatic rings. The number of carboxylic acids is 1. The molecule has 7 nitrogen and oxygen atoms in total. The molecule has 0 aliphatic heterocycles. The zero-order chi connectivity index (χ0) is 21.3. The van der Waals surface area contributed by atoms with Crippen molar-refractivity contribution in [2.24, 2.45) is 5.92 Å². The molecule has 1 heterocycles. The number of benzene rings is 1. The number of carboxylic acid groups (broad SMARTS) is 1. The summed E-state index contributed by atoms with van der Waals surface area (Å²) in [5.41, 5.74) is 0.819. The van der Waals surface area contributed by atoms with Gasteiger partial charge < -0.3 is 19.9 Å². The van der Waals surface area contributed by atoms with Crippen molar-refractivity contribution in [1.29, 1.82) is 0 Å². The second-order valence-corrected chi connectivity index (χ2v) is 8.06. The number of carbonyl (C=O) groups excluding carboxylic acids is 1. The van der Waals surface area contributed by atoms with Crippen LogP contribution >= 0.6 is 0 Å². The lowest BCUT2D eigenvalue weighted by Gasteiger charge is -2.24. The molecule has 0 radical (unpaired) electrons. The van der Waals surface area contributed by atoms with Gasteiger partial charge in [0.1, 0.15) is 6.26 Å². The van der Waals surface area contributed by atoms with Crippen LogP contribution in [0.1, 0.15) is 79.4 Å². The van der Waals surface area contributed by atoms with Crippen molar-refractivity contribution in [2.45, 2.75) is 69.9 Å². The van der Waals surface area contributed by atoms with Crippen LogP contribution in [0.4, 0.5) is 0 Å². The summed E-state index contributed by atoms with van der Waals surface area (Å²) < 4.78 is 5.16. The molecule has 0 bridgehead atoms. The highest BCUT2D eigenvalue weighted by Crippen LogP contribution is 2.27. The lowest BCUT2D eigenvalue weighted by Crippen LogP contribution is -2.40. The summed E-state index contributed by atoms with van der Waals surface area (Å²) in [4.78, 5) is 27.5. The number of aliphatic hydroxyl groups excluding tert-OH is 1. The Bertz CT molecular complexity index is 814. The maximum absolute atomic E-state index is 12.6. The van der Waals surface area contributed by atoms with Gasteiger partial charge in [-0.3, -0.25) is 4.79 Å². The van der Waals surface area contributed by atoms with Gasteiger partial charge in [-0.15, -0.1) is 0 Å². The van der Waals surface area contributed by atoms with E-state index in [-0.39, 0.29) is 17.5 Å². The number of nitrogens with one attached hydrogen (secondary N) is 1. The summed E-state index contributed by atoms with van der Waals surface area (Å²) in [5, 5.41) is 22.7. The van der Waals surface area contributed by atoms with E-state index in [0.29, 0.717) is 25.2 Å². The SMILES string of the molecule is O=C(CCC1CCCCC1)N[C@@H](CCc1ccccc1)C(O)c1nc(C(=O)O)co1. The molecule has 1 amide bonds. The van der Waals surface area contributed by atoms with Crippen molar-refractivity contribution in [3.63, 3.8) is 0 Å². The van der Waals surface area contributed by atoms with Crippen molar-refractivity contribution in [2.75, 3.05) is 0 Å². The number of amides is 1. The number of aliphatic hydroxyl groups is 1. The van der Waals surface area contributed by atoms with Crippen LogP contribution in [0.15, 0.2) is 41.0 Å². The third-order valence-corrected chi connectivity index (χ3v) is 5.81. The first-order valence-electron chi connectivity index (χ1n) is 10.7. The standard InChI is InChI=1S/C23H30N2O5/c26-20(14-12-17-9-5-2-6-10-17)24-18(13-11-16-7-3-1-4-8-16)21(27)22-25-19(15-30-22)23(28)29/h1,3-4,7-8,15,17-18,21,27H,2,5-6,9-14H2,(H,24,26)(H,28,29)/t18-,21?/m0/s1. The lowest BCUT2D eigenvalue weighted by molar-refractivity contribution is -0.123. The fraction of sp³-hybridized carbons (Fsp3) is 0.522. The van der Waals surface area contributed by atoms with Crippen molar-refractivity contribution in [3.8, 4) is 0 Å². The Morgan fingerprint density at radius 3 is 2.57 bits per heavy atom. The summed E-state index contributed by atoms with van der Waals surface area (Å²) >= 11 is 0. The van der Waals surface area contributed by atoms with Gasteiger partial charge in [-0.25, -0.2) is 9.78 Å². The number of aromatic nitrogens is 1. The third-order valence-electron chi connectivity index (χ3n) is 5.81. The lowest BCUT2D eigenvalue weighted by atomic mass is 9.86. The zero-order valence-electron chi connectivity index (χ0n) is 17.1. The topological polar surface area (TPSA) is 113 Å². The van der Waals surface area contributed by atoms with E-state index < -0.39 is 18.1 Å². The van der Waals surface area contributed by atoms with Gasteiger partial charge in [0.15, 0.2) is 11.8 Å². The molecule has 30 heavy (non-hydrogen) atoms. The minimum atomic E-state index is -1.23. The molecule has 2 atom stereocenters. The van der Waals surface area contributed by atoms with Gasteiger partial charge in [0.2, 0.25) is 11.8 Å². The molecule has 3 rings (SSSR count). The molecule has 7 heteroatoms. The largest absolute Gasteiger partial charge is 0.476 e. The third kappa shape index (κ3) is 6.42. The van der Waals surface area contributed by atoms with E-state index in [1.807, 2.05) is 30.3 Å². The van der Waals surface area contributed by atoms with E-state index in [1.165, 1.54) is 32.1 Å². The predicted octanol–water partition coefficient (Wildman–Crippen LogP) is 3.88. The summed E-state index contributed by atoms with van der Waals surface area (Å²) in [6.45, 7) is 0. The number of oxazole rings is 1. The van der Waals surface area contributed by atoms with E-state index in [0.717, 1.165) is 18.2 Å². The van der Waals surface area contributed by atoms with Gasteiger partial charge in [0, 0.05) is 6.42 Å². The highest BCUT2D eigenvalue weighted by atomic mass is 16.4. The van der Waals surface area contributed by atoms with Crippen molar-refractivity contribution >= 4 is 11.9 Å². The molecule has 2 aromatic rings. The molecule has 1 unspecified atom stereocenters. The number of aromatic carboxylic acids is 1. The molecule has 1 fully saturated rings. The van der Waals surface area contributed by atoms with Gasteiger partial charge in [0.25, 0.3) is 0 Å². The van der Waals surface area contributed by atoms with Crippen molar-refractivity contribution in [3.05, 3.63) is 53.7 Å². The average molecular weight is 415 g/mol. The molecule has 162 valence electrons. The predicted molar refractivity (Wildman–Crippen MR) is 111 cm³/mol. The second kappa shape index (κ2) is 10.9. The number of aryl methyl sites for hydroxylation is 1. The van der Waals surface area contributed by atoms with Crippen LogP contribution in [0.2, 0.25) is 0 Å². The Hall–Kier alpha value is -2.67. The van der Waals surface area contributed by atoms with Crippen LogP contribution in [-0.2, 0) is 11.2 Å². The highest BCUT2D eigenvalue weighted by molar-refractivity contribution is 5.84. The molecule has 1 aromatic carbocycles. The smallest absolute Gasteiger partial charge is 0.357 e. The minimum Gasteiger partial charge on any atom is -0.476 e. The molecule has 0 saturated heterocycles. The molecule has 1 aromatic heterocycles. The molecule has 0 spiro atoms. The maximum Gasteiger partial charge on any atom is 0.357 e. The number of rotatable bonds is 10. The molecule has 1 aliphatic carbocycles. The first kappa shape index (κ1) is 22.0. The molecule has 1 saturated carbocycles. The Kier molecular flexibility index (Phi) is 8.02. The first-order valence-corrected chi connectivity index (χ1v) is 10.7. The van der Waals surface area contributed by atoms with Crippen LogP contribution in [0, 0.1) is 5.92 Å². The van der Waals surface area contributed by atoms with E-state index in [2.05, 4.69) is 10.3 Å². The Labute approximate surface area is 176 Å².